The number of hydrogen-bond acceptors (Lipinski definition) is 5. The van der Waals surface area contributed by atoms with E-state index in [2.05, 4.69) is 22.9 Å². The smallest absolute Gasteiger partial charge is 0.163 e. The third kappa shape index (κ3) is 2.88. The lowest BCUT2D eigenvalue weighted by atomic mass is 9.64. The Morgan fingerprint density at radius 1 is 1.32 bits per heavy atom. The zero-order chi connectivity index (χ0) is 17.4. The summed E-state index contributed by atoms with van der Waals surface area (Å²) in [6, 6.07) is 4.10. The Bertz CT molecular complexity index is 682. The molecule has 0 bridgehead atoms. The quantitative estimate of drug-likeness (QED) is 0.806. The van der Waals surface area contributed by atoms with Crippen molar-refractivity contribution in [1.82, 2.24) is 4.90 Å². The predicted octanol–water partition coefficient (Wildman–Crippen LogP) is 3.23. The van der Waals surface area contributed by atoms with Crippen LogP contribution in [0.5, 0.6) is 11.5 Å². The van der Waals surface area contributed by atoms with E-state index < -0.39 is 0 Å². The number of amidine groups is 1. The Balaban J connectivity index is 1.41. The number of hydrogen-bond donors (Lipinski definition) is 1. The summed E-state index contributed by atoms with van der Waals surface area (Å²) in [6.45, 7) is 6.57. The number of nitrogens with two attached hydrogens (primary N) is 1. The summed E-state index contributed by atoms with van der Waals surface area (Å²) in [7, 11) is 1.70. The van der Waals surface area contributed by atoms with E-state index >= 15 is 0 Å². The summed E-state index contributed by atoms with van der Waals surface area (Å²) >= 11 is 0. The second-order valence-electron chi connectivity index (χ2n) is 7.85. The molecule has 1 aromatic rings. The predicted molar refractivity (Wildman–Crippen MR) is 100 cm³/mol. The second kappa shape index (κ2) is 6.52. The van der Waals surface area contributed by atoms with Crippen molar-refractivity contribution in [2.75, 3.05) is 33.4 Å². The SMILES string of the molecule is COc1cc2c(cc1OCCCN1CC[C@H](C)C1)N=C(N)C21CCC1. The minimum atomic E-state index is -0.0341. The van der Waals surface area contributed by atoms with Gasteiger partial charge in [-0.1, -0.05) is 13.3 Å². The van der Waals surface area contributed by atoms with Crippen LogP contribution < -0.4 is 15.2 Å². The van der Waals surface area contributed by atoms with Gasteiger partial charge in [0.1, 0.15) is 5.84 Å². The van der Waals surface area contributed by atoms with Gasteiger partial charge in [0.15, 0.2) is 11.5 Å². The van der Waals surface area contributed by atoms with Crippen molar-refractivity contribution in [3.05, 3.63) is 17.7 Å². The van der Waals surface area contributed by atoms with Gasteiger partial charge >= 0.3 is 0 Å². The van der Waals surface area contributed by atoms with Gasteiger partial charge in [0.2, 0.25) is 0 Å². The molecule has 1 atom stereocenters. The molecule has 4 rings (SSSR count). The number of nitrogens with zero attached hydrogens (tertiary/aromatic N) is 2. The van der Waals surface area contributed by atoms with Crippen molar-refractivity contribution in [2.24, 2.45) is 16.6 Å². The minimum Gasteiger partial charge on any atom is -0.493 e. The van der Waals surface area contributed by atoms with E-state index in [1.807, 2.05) is 6.07 Å². The molecule has 2 aliphatic heterocycles. The third-order valence-electron chi connectivity index (χ3n) is 6.12. The van der Waals surface area contributed by atoms with E-state index in [0.717, 1.165) is 54.7 Å². The van der Waals surface area contributed by atoms with Crippen LogP contribution in [0.25, 0.3) is 0 Å². The van der Waals surface area contributed by atoms with Crippen LogP contribution in [0.2, 0.25) is 0 Å². The minimum absolute atomic E-state index is 0.0341. The Labute approximate surface area is 150 Å². The first-order valence-corrected chi connectivity index (χ1v) is 9.55. The molecule has 1 aromatic carbocycles. The van der Waals surface area contributed by atoms with Gasteiger partial charge in [-0.25, -0.2) is 4.99 Å². The first kappa shape index (κ1) is 16.7. The first-order valence-electron chi connectivity index (χ1n) is 9.55. The van der Waals surface area contributed by atoms with Crippen molar-refractivity contribution in [3.63, 3.8) is 0 Å². The number of rotatable bonds is 6. The largest absolute Gasteiger partial charge is 0.493 e. The molecule has 25 heavy (non-hydrogen) atoms. The van der Waals surface area contributed by atoms with Gasteiger partial charge in [0.05, 0.1) is 24.8 Å². The lowest BCUT2D eigenvalue weighted by Crippen LogP contribution is -2.44. The van der Waals surface area contributed by atoms with Crippen LogP contribution in [0.15, 0.2) is 17.1 Å². The van der Waals surface area contributed by atoms with Gasteiger partial charge in [-0.3, -0.25) is 0 Å². The molecular weight excluding hydrogens is 314 g/mol. The molecule has 5 heteroatoms. The molecule has 1 saturated heterocycles. The van der Waals surface area contributed by atoms with Gasteiger partial charge in [0, 0.05) is 19.2 Å². The fourth-order valence-electron chi connectivity index (χ4n) is 4.43. The van der Waals surface area contributed by atoms with Crippen LogP contribution in [0.1, 0.15) is 44.6 Å². The lowest BCUT2D eigenvalue weighted by molar-refractivity contribution is 0.251. The van der Waals surface area contributed by atoms with Gasteiger partial charge in [-0.2, -0.15) is 0 Å². The van der Waals surface area contributed by atoms with Crippen LogP contribution in [0.3, 0.4) is 0 Å². The van der Waals surface area contributed by atoms with E-state index in [9.17, 15) is 0 Å². The van der Waals surface area contributed by atoms with Gasteiger partial charge in [0.25, 0.3) is 0 Å². The third-order valence-corrected chi connectivity index (χ3v) is 6.12. The van der Waals surface area contributed by atoms with E-state index in [-0.39, 0.29) is 5.41 Å². The van der Waals surface area contributed by atoms with Gasteiger partial charge in [-0.15, -0.1) is 0 Å². The molecule has 3 aliphatic rings. The number of aliphatic imine (C=N–C) groups is 1. The zero-order valence-corrected chi connectivity index (χ0v) is 15.4. The van der Waals surface area contributed by atoms with Crippen LogP contribution in [0, 0.1) is 5.92 Å². The van der Waals surface area contributed by atoms with Gasteiger partial charge in [-0.05, 0) is 49.8 Å². The summed E-state index contributed by atoms with van der Waals surface area (Å²) < 4.78 is 11.6. The summed E-state index contributed by atoms with van der Waals surface area (Å²) in [6.07, 6.45) is 5.74. The summed E-state index contributed by atoms with van der Waals surface area (Å²) in [5, 5.41) is 0. The summed E-state index contributed by atoms with van der Waals surface area (Å²) in [5.41, 5.74) is 8.37. The maximum absolute atomic E-state index is 6.23. The molecule has 0 aromatic heterocycles. The highest BCUT2D eigenvalue weighted by atomic mass is 16.5. The van der Waals surface area contributed by atoms with Gasteiger partial charge < -0.3 is 20.1 Å². The number of methoxy groups -OCH3 is 1. The molecule has 1 saturated carbocycles. The highest BCUT2D eigenvalue weighted by Gasteiger charge is 2.47. The molecule has 2 heterocycles. The summed E-state index contributed by atoms with van der Waals surface area (Å²) in [4.78, 5) is 7.14. The Hall–Kier alpha value is -1.75. The molecule has 2 fully saturated rings. The number of likely N-dealkylation sites (tertiary alicyclic amines) is 1. The van der Waals surface area contributed by atoms with E-state index in [0.29, 0.717) is 6.61 Å². The van der Waals surface area contributed by atoms with E-state index in [4.69, 9.17) is 15.2 Å². The van der Waals surface area contributed by atoms with E-state index in [1.54, 1.807) is 7.11 Å². The second-order valence-corrected chi connectivity index (χ2v) is 7.85. The van der Waals surface area contributed by atoms with Crippen LogP contribution in [-0.4, -0.2) is 44.1 Å². The molecule has 1 aliphatic carbocycles. The molecule has 5 nitrogen and oxygen atoms in total. The van der Waals surface area contributed by atoms with Crippen LogP contribution in [-0.2, 0) is 5.41 Å². The standard InChI is InChI=1S/C20H29N3O2/c1-14-5-9-23(13-14)8-4-10-25-18-12-16-15(11-17(18)24-2)20(6-3-7-20)19(21)22-16/h11-12,14H,3-10,13H2,1-2H3,(H2,21,22)/t14-/m0/s1. The van der Waals surface area contributed by atoms with E-state index in [1.165, 1.54) is 31.5 Å². The molecule has 0 amide bonds. The number of ether oxygens (including phenoxy) is 2. The Morgan fingerprint density at radius 3 is 2.80 bits per heavy atom. The average molecular weight is 343 g/mol. The normalized spacial score (nSPS) is 24.1. The zero-order valence-electron chi connectivity index (χ0n) is 15.4. The fourth-order valence-corrected chi connectivity index (χ4v) is 4.43. The molecule has 1 spiro atoms. The molecule has 0 radical (unpaired) electrons. The highest BCUT2D eigenvalue weighted by Crippen LogP contribution is 2.53. The molecular formula is C20H29N3O2. The van der Waals surface area contributed by atoms with Crippen molar-refractivity contribution < 1.29 is 9.47 Å². The monoisotopic (exact) mass is 343 g/mol. The fraction of sp³-hybridized carbons (Fsp3) is 0.650. The molecule has 2 N–H and O–H groups in total. The number of benzene rings is 1. The van der Waals surface area contributed by atoms with Crippen molar-refractivity contribution in [2.45, 2.75) is 44.4 Å². The first-order chi connectivity index (χ1) is 12.1. The van der Waals surface area contributed by atoms with Crippen molar-refractivity contribution in [1.29, 1.82) is 0 Å². The van der Waals surface area contributed by atoms with Crippen LogP contribution >= 0.6 is 0 Å². The summed E-state index contributed by atoms with van der Waals surface area (Å²) in [5.74, 6) is 3.17. The Morgan fingerprint density at radius 2 is 2.16 bits per heavy atom. The average Bonchev–Trinajstić information content (AvgIpc) is 3.09. The Kier molecular flexibility index (Phi) is 4.36. The van der Waals surface area contributed by atoms with Crippen LogP contribution in [0.4, 0.5) is 5.69 Å². The lowest BCUT2D eigenvalue weighted by Gasteiger charge is -2.38. The maximum atomic E-state index is 6.23. The molecule has 0 unspecified atom stereocenters. The van der Waals surface area contributed by atoms with Crippen molar-refractivity contribution >= 4 is 11.5 Å². The highest BCUT2D eigenvalue weighted by molar-refractivity contribution is 6.00. The maximum Gasteiger partial charge on any atom is 0.163 e. The molecule has 136 valence electrons. The number of fused-ring (bicyclic) bond motifs is 2. The van der Waals surface area contributed by atoms with Crippen molar-refractivity contribution in [3.8, 4) is 11.5 Å². The topological polar surface area (TPSA) is 60.1 Å².